The Hall–Kier alpha value is -1.97. The fourth-order valence-corrected chi connectivity index (χ4v) is 6.87. The van der Waals surface area contributed by atoms with Crippen LogP contribution in [0.25, 0.3) is 0 Å². The van der Waals surface area contributed by atoms with Crippen molar-refractivity contribution in [2.45, 2.75) is 35.5 Å². The van der Waals surface area contributed by atoms with Crippen LogP contribution in [0, 0.1) is 5.82 Å². The number of halogens is 1. The Morgan fingerprint density at radius 2 is 1.39 bits per heavy atom. The molecular formula is C19H21FN2O4S2. The predicted octanol–water partition coefficient (Wildman–Crippen LogP) is 2.75. The van der Waals surface area contributed by atoms with Crippen LogP contribution in [0.4, 0.5) is 10.1 Å². The van der Waals surface area contributed by atoms with E-state index in [9.17, 15) is 21.2 Å². The van der Waals surface area contributed by atoms with Gasteiger partial charge >= 0.3 is 0 Å². The van der Waals surface area contributed by atoms with E-state index in [2.05, 4.69) is 0 Å². The third-order valence-electron chi connectivity index (χ3n) is 5.23. The van der Waals surface area contributed by atoms with Crippen LogP contribution >= 0.6 is 0 Å². The Morgan fingerprint density at radius 1 is 0.750 bits per heavy atom. The van der Waals surface area contributed by atoms with Crippen LogP contribution in [-0.2, 0) is 26.5 Å². The van der Waals surface area contributed by atoms with E-state index >= 15 is 0 Å². The summed E-state index contributed by atoms with van der Waals surface area (Å²) in [5.41, 5.74) is 1.17. The van der Waals surface area contributed by atoms with E-state index in [1.54, 1.807) is 12.1 Å². The minimum atomic E-state index is -3.85. The van der Waals surface area contributed by atoms with Gasteiger partial charge in [-0.1, -0.05) is 0 Å². The average molecular weight is 425 g/mol. The molecule has 2 aliphatic heterocycles. The van der Waals surface area contributed by atoms with Crippen molar-refractivity contribution in [3.8, 4) is 0 Å². The third kappa shape index (κ3) is 3.31. The molecule has 2 aromatic rings. The van der Waals surface area contributed by atoms with Crippen LogP contribution in [0.1, 0.15) is 24.8 Å². The van der Waals surface area contributed by atoms with Crippen molar-refractivity contribution in [3.05, 3.63) is 53.8 Å². The van der Waals surface area contributed by atoms with Gasteiger partial charge < -0.3 is 0 Å². The minimum Gasteiger partial charge on any atom is -0.266 e. The Morgan fingerprint density at radius 3 is 2.07 bits per heavy atom. The molecule has 0 amide bonds. The minimum absolute atomic E-state index is 0.00974. The molecule has 0 unspecified atom stereocenters. The molecule has 9 heteroatoms. The molecule has 0 radical (unpaired) electrons. The van der Waals surface area contributed by atoms with Crippen LogP contribution < -0.4 is 4.31 Å². The Balaban J connectivity index is 1.72. The normalized spacial score (nSPS) is 18.2. The van der Waals surface area contributed by atoms with Crippen molar-refractivity contribution >= 4 is 25.7 Å². The van der Waals surface area contributed by atoms with E-state index in [1.807, 2.05) is 0 Å². The van der Waals surface area contributed by atoms with E-state index in [0.29, 0.717) is 43.7 Å². The summed E-state index contributed by atoms with van der Waals surface area (Å²) in [4.78, 5) is 0.213. The standard InChI is InChI=1S/C19H21FN2O4S2/c20-16-5-7-17(8-6-16)28(25,26)22-13-3-4-15-14-18(9-10-19(15)22)27(23,24)21-11-1-2-12-21/h5-10,14H,1-4,11-13H2. The van der Waals surface area contributed by atoms with Crippen molar-refractivity contribution in [1.29, 1.82) is 0 Å². The fourth-order valence-electron chi connectivity index (χ4n) is 3.76. The highest BCUT2D eigenvalue weighted by Crippen LogP contribution is 2.34. The zero-order chi connectivity index (χ0) is 19.9. The fraction of sp³-hybridized carbons (Fsp3) is 0.368. The van der Waals surface area contributed by atoms with Crippen LogP contribution in [0.5, 0.6) is 0 Å². The van der Waals surface area contributed by atoms with E-state index in [4.69, 9.17) is 0 Å². The maximum Gasteiger partial charge on any atom is 0.264 e. The maximum absolute atomic E-state index is 13.2. The molecule has 2 aromatic carbocycles. The van der Waals surface area contributed by atoms with Crippen LogP contribution in [0.15, 0.2) is 52.3 Å². The first-order valence-electron chi connectivity index (χ1n) is 9.21. The van der Waals surface area contributed by atoms with Gasteiger partial charge in [0.15, 0.2) is 0 Å². The largest absolute Gasteiger partial charge is 0.266 e. The number of hydrogen-bond donors (Lipinski definition) is 0. The summed E-state index contributed by atoms with van der Waals surface area (Å²) >= 11 is 0. The van der Waals surface area contributed by atoms with Crippen LogP contribution in [0.3, 0.4) is 0 Å². The predicted molar refractivity (Wildman–Crippen MR) is 104 cm³/mol. The molecule has 2 aliphatic rings. The highest BCUT2D eigenvalue weighted by atomic mass is 32.2. The second kappa shape index (κ2) is 7.13. The Bertz CT molecular complexity index is 1090. The molecule has 0 N–H and O–H groups in total. The monoisotopic (exact) mass is 424 g/mol. The number of nitrogens with zero attached hydrogens (tertiary/aromatic N) is 2. The van der Waals surface area contributed by atoms with Crippen molar-refractivity contribution in [3.63, 3.8) is 0 Å². The van der Waals surface area contributed by atoms with Gasteiger partial charge in [-0.15, -0.1) is 0 Å². The van der Waals surface area contributed by atoms with Gasteiger partial charge in [0.05, 0.1) is 15.5 Å². The summed E-state index contributed by atoms with van der Waals surface area (Å²) in [5.74, 6) is -0.505. The highest BCUT2D eigenvalue weighted by Gasteiger charge is 2.32. The zero-order valence-electron chi connectivity index (χ0n) is 15.2. The van der Waals surface area contributed by atoms with Crippen LogP contribution in [-0.4, -0.2) is 40.8 Å². The zero-order valence-corrected chi connectivity index (χ0v) is 16.8. The topological polar surface area (TPSA) is 74.8 Å². The lowest BCUT2D eigenvalue weighted by atomic mass is 10.0. The second-order valence-electron chi connectivity index (χ2n) is 7.04. The van der Waals surface area contributed by atoms with E-state index in [1.165, 1.54) is 26.8 Å². The smallest absolute Gasteiger partial charge is 0.264 e. The first-order valence-corrected chi connectivity index (χ1v) is 12.1. The van der Waals surface area contributed by atoms with E-state index < -0.39 is 25.9 Å². The summed E-state index contributed by atoms with van der Waals surface area (Å²) in [6, 6.07) is 9.35. The molecule has 28 heavy (non-hydrogen) atoms. The summed E-state index contributed by atoms with van der Waals surface area (Å²) in [7, 11) is -7.41. The van der Waals surface area contributed by atoms with Crippen molar-refractivity contribution in [2.24, 2.45) is 0 Å². The maximum atomic E-state index is 13.2. The van der Waals surface area contributed by atoms with Crippen molar-refractivity contribution < 1.29 is 21.2 Å². The highest BCUT2D eigenvalue weighted by molar-refractivity contribution is 7.92. The van der Waals surface area contributed by atoms with Gasteiger partial charge in [-0.2, -0.15) is 4.31 Å². The van der Waals surface area contributed by atoms with Gasteiger partial charge in [-0.25, -0.2) is 21.2 Å². The molecule has 0 aliphatic carbocycles. The number of rotatable bonds is 4. The SMILES string of the molecule is O=S(=O)(c1ccc2c(c1)CCCN2S(=O)(=O)c1ccc(F)cc1)N1CCCC1. The molecule has 0 saturated carbocycles. The number of benzene rings is 2. The second-order valence-corrected chi connectivity index (χ2v) is 10.8. The van der Waals surface area contributed by atoms with Gasteiger partial charge in [0.25, 0.3) is 10.0 Å². The van der Waals surface area contributed by atoms with Crippen LogP contribution in [0.2, 0.25) is 0 Å². The molecule has 0 aromatic heterocycles. The number of fused-ring (bicyclic) bond motifs is 1. The summed E-state index contributed by atoms with van der Waals surface area (Å²) < 4.78 is 67.6. The number of hydrogen-bond acceptors (Lipinski definition) is 4. The summed E-state index contributed by atoms with van der Waals surface area (Å²) in [6.45, 7) is 1.33. The average Bonchev–Trinajstić information content (AvgIpc) is 3.23. The molecule has 150 valence electrons. The molecule has 0 spiro atoms. The first kappa shape index (κ1) is 19.4. The lowest BCUT2D eigenvalue weighted by molar-refractivity contribution is 0.477. The summed E-state index contributed by atoms with van der Waals surface area (Å²) in [5, 5.41) is 0. The molecule has 6 nitrogen and oxygen atoms in total. The molecular weight excluding hydrogens is 403 g/mol. The van der Waals surface area contributed by atoms with Crippen molar-refractivity contribution in [2.75, 3.05) is 23.9 Å². The molecule has 0 bridgehead atoms. The Kier molecular flexibility index (Phi) is 4.93. The molecule has 4 rings (SSSR count). The first-order chi connectivity index (χ1) is 13.3. The molecule has 0 atom stereocenters. The lowest BCUT2D eigenvalue weighted by Gasteiger charge is -2.31. The quantitative estimate of drug-likeness (QED) is 0.756. The van der Waals surface area contributed by atoms with Gasteiger partial charge in [0, 0.05) is 19.6 Å². The van der Waals surface area contributed by atoms with E-state index in [0.717, 1.165) is 25.0 Å². The van der Waals surface area contributed by atoms with Gasteiger partial charge in [0.1, 0.15) is 5.82 Å². The summed E-state index contributed by atoms with van der Waals surface area (Å²) in [6.07, 6.45) is 2.90. The van der Waals surface area contributed by atoms with E-state index in [-0.39, 0.29) is 9.79 Å². The number of anilines is 1. The lowest BCUT2D eigenvalue weighted by Crippen LogP contribution is -2.35. The van der Waals surface area contributed by atoms with Gasteiger partial charge in [-0.3, -0.25) is 4.31 Å². The van der Waals surface area contributed by atoms with Gasteiger partial charge in [-0.05, 0) is 73.7 Å². The number of sulfonamides is 2. The molecule has 1 fully saturated rings. The Labute approximate surface area is 164 Å². The molecule has 1 saturated heterocycles. The third-order valence-corrected chi connectivity index (χ3v) is 8.95. The van der Waals surface area contributed by atoms with Gasteiger partial charge in [0.2, 0.25) is 10.0 Å². The van der Waals surface area contributed by atoms with Crippen molar-refractivity contribution in [1.82, 2.24) is 4.31 Å². The number of aryl methyl sites for hydroxylation is 1. The molecule has 2 heterocycles.